The van der Waals surface area contributed by atoms with Gasteiger partial charge < -0.3 is 14.8 Å². The second-order valence-electron chi connectivity index (χ2n) is 7.76. The van der Waals surface area contributed by atoms with Crippen molar-refractivity contribution in [1.82, 2.24) is 9.38 Å². The first-order valence-electron chi connectivity index (χ1n) is 10.7. The minimum absolute atomic E-state index is 0.00672. The van der Waals surface area contributed by atoms with E-state index in [1.807, 2.05) is 38.1 Å². The number of fused-ring (bicyclic) bond motifs is 1. The highest BCUT2D eigenvalue weighted by molar-refractivity contribution is 6.10. The Morgan fingerprint density at radius 1 is 1.11 bits per heavy atom. The van der Waals surface area contributed by atoms with Crippen molar-refractivity contribution in [2.45, 2.75) is 13.8 Å². The molecule has 0 fully saturated rings. The number of carbonyl (C=O) groups excluding carboxylic acids is 1. The van der Waals surface area contributed by atoms with E-state index >= 15 is 0 Å². The molecule has 0 radical (unpaired) electrons. The highest BCUT2D eigenvalue weighted by atomic mass is 16.5. The number of hydrogen-bond acceptors (Lipinski definition) is 6. The molecule has 0 aliphatic carbocycles. The fourth-order valence-corrected chi connectivity index (χ4v) is 3.51. The molecule has 1 N–H and O–H groups in total. The zero-order chi connectivity index (χ0) is 24.9. The largest absolute Gasteiger partial charge is 0.495 e. The molecule has 0 saturated carbocycles. The molecule has 174 valence electrons. The molecule has 4 rings (SSSR count). The van der Waals surface area contributed by atoms with E-state index in [0.29, 0.717) is 22.8 Å². The number of para-hydroxylation sites is 2. The highest BCUT2D eigenvalue weighted by Gasteiger charge is 2.19. The minimum Gasteiger partial charge on any atom is -0.495 e. The lowest BCUT2D eigenvalue weighted by atomic mass is 10.1. The second-order valence-corrected chi connectivity index (χ2v) is 7.76. The van der Waals surface area contributed by atoms with Crippen LogP contribution in [0.1, 0.15) is 16.7 Å². The third-order valence-electron chi connectivity index (χ3n) is 5.26. The van der Waals surface area contributed by atoms with E-state index in [-0.39, 0.29) is 17.0 Å². The quantitative estimate of drug-likeness (QED) is 0.327. The number of aryl methyl sites for hydroxylation is 2. The van der Waals surface area contributed by atoms with Crippen molar-refractivity contribution in [2.75, 3.05) is 12.4 Å². The second kappa shape index (κ2) is 9.93. The number of aromatic nitrogens is 2. The van der Waals surface area contributed by atoms with Crippen LogP contribution in [0.5, 0.6) is 17.4 Å². The highest BCUT2D eigenvalue weighted by Crippen LogP contribution is 2.27. The average Bonchev–Trinajstić information content (AvgIpc) is 2.85. The number of carbonyl (C=O) groups is 1. The number of pyridine rings is 1. The lowest BCUT2D eigenvalue weighted by Gasteiger charge is -2.12. The zero-order valence-corrected chi connectivity index (χ0v) is 19.4. The molecule has 2 aromatic heterocycles. The van der Waals surface area contributed by atoms with Gasteiger partial charge in [-0.2, -0.15) is 10.2 Å². The Morgan fingerprint density at radius 2 is 1.91 bits per heavy atom. The van der Waals surface area contributed by atoms with Crippen molar-refractivity contribution < 1.29 is 14.3 Å². The van der Waals surface area contributed by atoms with Crippen LogP contribution in [-0.2, 0) is 4.79 Å². The third-order valence-corrected chi connectivity index (χ3v) is 5.26. The summed E-state index contributed by atoms with van der Waals surface area (Å²) in [6.45, 7) is 3.74. The summed E-state index contributed by atoms with van der Waals surface area (Å²) in [5.41, 5.74) is 1.73. The van der Waals surface area contributed by atoms with E-state index in [2.05, 4.69) is 10.3 Å². The normalized spacial score (nSPS) is 11.1. The van der Waals surface area contributed by atoms with Crippen molar-refractivity contribution in [3.63, 3.8) is 0 Å². The molecule has 0 unspecified atom stereocenters. The number of rotatable bonds is 6. The van der Waals surface area contributed by atoms with E-state index in [1.165, 1.54) is 17.6 Å². The number of nitrogens with zero attached hydrogens (tertiary/aromatic N) is 3. The van der Waals surface area contributed by atoms with Gasteiger partial charge in [0.15, 0.2) is 0 Å². The van der Waals surface area contributed by atoms with Crippen molar-refractivity contribution in [1.29, 1.82) is 5.26 Å². The summed E-state index contributed by atoms with van der Waals surface area (Å²) in [6, 6.07) is 19.5. The Balaban J connectivity index is 1.84. The van der Waals surface area contributed by atoms with E-state index in [1.54, 1.807) is 48.7 Å². The SMILES string of the molecule is COc1ccccc1NC(=O)/C(C#N)=C\c1c(Oc2cccc(C)c2)nc2c(C)cccn2c1=O. The molecular weight excluding hydrogens is 444 g/mol. The maximum atomic E-state index is 13.4. The van der Waals surface area contributed by atoms with E-state index in [0.717, 1.165) is 11.1 Å². The summed E-state index contributed by atoms with van der Waals surface area (Å²) < 4.78 is 12.6. The van der Waals surface area contributed by atoms with Crippen molar-refractivity contribution in [3.05, 3.63) is 99.5 Å². The van der Waals surface area contributed by atoms with Gasteiger partial charge >= 0.3 is 0 Å². The van der Waals surface area contributed by atoms with Gasteiger partial charge in [0.1, 0.15) is 34.4 Å². The van der Waals surface area contributed by atoms with Crippen molar-refractivity contribution in [3.8, 4) is 23.4 Å². The number of benzene rings is 2. The van der Waals surface area contributed by atoms with Crippen LogP contribution in [0, 0.1) is 25.2 Å². The van der Waals surface area contributed by atoms with E-state index in [4.69, 9.17) is 9.47 Å². The van der Waals surface area contributed by atoms with Crippen LogP contribution in [0.4, 0.5) is 5.69 Å². The summed E-state index contributed by atoms with van der Waals surface area (Å²) in [5, 5.41) is 12.4. The Morgan fingerprint density at radius 3 is 2.66 bits per heavy atom. The third kappa shape index (κ3) is 4.89. The van der Waals surface area contributed by atoms with Crippen molar-refractivity contribution >= 4 is 23.3 Å². The molecule has 0 aliphatic rings. The molecule has 0 bridgehead atoms. The van der Waals surface area contributed by atoms with Gasteiger partial charge in [0, 0.05) is 6.20 Å². The minimum atomic E-state index is -0.702. The first-order valence-corrected chi connectivity index (χ1v) is 10.7. The summed E-state index contributed by atoms with van der Waals surface area (Å²) in [4.78, 5) is 30.9. The van der Waals surface area contributed by atoms with Gasteiger partial charge in [0.25, 0.3) is 11.5 Å². The van der Waals surface area contributed by atoms with Crippen LogP contribution < -0.4 is 20.3 Å². The fraction of sp³-hybridized carbons (Fsp3) is 0.111. The predicted octanol–water partition coefficient (Wildman–Crippen LogP) is 4.66. The molecule has 8 nitrogen and oxygen atoms in total. The molecule has 0 spiro atoms. The number of nitriles is 1. The Labute approximate surface area is 201 Å². The van der Waals surface area contributed by atoms with E-state index < -0.39 is 11.5 Å². The monoisotopic (exact) mass is 466 g/mol. The molecule has 4 aromatic rings. The number of methoxy groups -OCH3 is 1. The fourth-order valence-electron chi connectivity index (χ4n) is 3.51. The van der Waals surface area contributed by atoms with Gasteiger partial charge in [-0.3, -0.25) is 14.0 Å². The number of ether oxygens (including phenoxy) is 2. The van der Waals surface area contributed by atoms with Crippen LogP contribution in [0.25, 0.3) is 11.7 Å². The Hall–Kier alpha value is -4.90. The van der Waals surface area contributed by atoms with Crippen LogP contribution in [0.3, 0.4) is 0 Å². The summed E-state index contributed by atoms with van der Waals surface area (Å²) in [6.07, 6.45) is 2.77. The average molecular weight is 466 g/mol. The molecule has 0 aliphatic heterocycles. The molecule has 8 heteroatoms. The van der Waals surface area contributed by atoms with Gasteiger partial charge in [0.05, 0.1) is 12.8 Å². The first kappa shape index (κ1) is 23.3. The predicted molar refractivity (Wildman–Crippen MR) is 133 cm³/mol. The van der Waals surface area contributed by atoms with Crippen LogP contribution in [-0.4, -0.2) is 22.4 Å². The molecule has 0 atom stereocenters. The summed E-state index contributed by atoms with van der Waals surface area (Å²) in [7, 11) is 1.48. The number of hydrogen-bond donors (Lipinski definition) is 1. The lowest BCUT2D eigenvalue weighted by molar-refractivity contribution is -0.112. The Bertz CT molecular complexity index is 1560. The Kier molecular flexibility index (Phi) is 6.60. The zero-order valence-electron chi connectivity index (χ0n) is 19.4. The topological polar surface area (TPSA) is 106 Å². The maximum absolute atomic E-state index is 13.4. The van der Waals surface area contributed by atoms with Crippen LogP contribution >= 0.6 is 0 Å². The maximum Gasteiger partial charge on any atom is 0.269 e. The standard InChI is InChI=1S/C27H22N4O4/c1-17-8-6-10-20(14-17)35-26-21(27(33)31-13-7-9-18(2)24(31)30-26)15-19(16-28)25(32)29-22-11-4-5-12-23(22)34-3/h4-15H,1-3H3,(H,29,32)/b19-15-. The molecule has 1 amide bonds. The van der Waals surface area contributed by atoms with Crippen molar-refractivity contribution in [2.24, 2.45) is 0 Å². The molecule has 2 aromatic carbocycles. The first-order chi connectivity index (χ1) is 16.9. The molecule has 35 heavy (non-hydrogen) atoms. The van der Waals surface area contributed by atoms with Crippen LogP contribution in [0.15, 0.2) is 77.2 Å². The molecule has 0 saturated heterocycles. The molecular formula is C27H22N4O4. The van der Waals surface area contributed by atoms with E-state index in [9.17, 15) is 14.9 Å². The molecule has 2 heterocycles. The van der Waals surface area contributed by atoms with Gasteiger partial charge in [-0.15, -0.1) is 0 Å². The van der Waals surface area contributed by atoms with Gasteiger partial charge in [-0.25, -0.2) is 0 Å². The number of nitrogens with one attached hydrogen (secondary N) is 1. The van der Waals surface area contributed by atoms with Gasteiger partial charge in [-0.05, 0) is 61.4 Å². The van der Waals surface area contributed by atoms with Gasteiger partial charge in [0.2, 0.25) is 5.88 Å². The van der Waals surface area contributed by atoms with Crippen LogP contribution in [0.2, 0.25) is 0 Å². The number of anilines is 1. The smallest absolute Gasteiger partial charge is 0.269 e. The summed E-state index contributed by atoms with van der Waals surface area (Å²) >= 11 is 0. The number of amides is 1. The lowest BCUT2D eigenvalue weighted by Crippen LogP contribution is -2.21. The van der Waals surface area contributed by atoms with Gasteiger partial charge in [-0.1, -0.05) is 30.3 Å². The summed E-state index contributed by atoms with van der Waals surface area (Å²) in [5.74, 6) is 0.200.